The van der Waals surface area contributed by atoms with E-state index in [9.17, 15) is 9.59 Å². The van der Waals surface area contributed by atoms with E-state index in [1.165, 1.54) is 4.90 Å². The van der Waals surface area contributed by atoms with Gasteiger partial charge in [-0.15, -0.1) is 0 Å². The van der Waals surface area contributed by atoms with Gasteiger partial charge in [-0.2, -0.15) is 0 Å². The van der Waals surface area contributed by atoms with Crippen LogP contribution in [-0.2, 0) is 0 Å². The highest BCUT2D eigenvalue weighted by atomic mass is 16.2. The molecule has 0 atom stereocenters. The first kappa shape index (κ1) is 17.8. The number of para-hydroxylation sites is 3. The molecule has 4 rings (SSSR count). The molecule has 5 nitrogen and oxygen atoms in total. The summed E-state index contributed by atoms with van der Waals surface area (Å²) in [7, 11) is 0. The molecule has 2 amide bonds. The minimum Gasteiger partial charge on any atom is -0.397 e. The number of imide groups is 1. The first-order valence-electron chi connectivity index (χ1n) is 9.29. The summed E-state index contributed by atoms with van der Waals surface area (Å²) < 4.78 is 0. The molecule has 0 fully saturated rings. The Balaban J connectivity index is 1.51. The third-order valence-electron chi connectivity index (χ3n) is 4.94. The Kier molecular flexibility index (Phi) is 4.81. The number of nitrogens with zero attached hydrogens (tertiary/aromatic N) is 2. The number of rotatable bonds is 6. The number of nitrogen functional groups attached to an aromatic ring is 1. The Morgan fingerprint density at radius 1 is 0.750 bits per heavy atom. The molecule has 0 aliphatic carbocycles. The lowest BCUT2D eigenvalue weighted by atomic mass is 10.1. The van der Waals surface area contributed by atoms with E-state index in [4.69, 9.17) is 5.73 Å². The second kappa shape index (κ2) is 7.56. The zero-order valence-electron chi connectivity index (χ0n) is 15.4. The summed E-state index contributed by atoms with van der Waals surface area (Å²) in [6.45, 7) is 0.994. The summed E-state index contributed by atoms with van der Waals surface area (Å²) in [6, 6.07) is 24.6. The van der Waals surface area contributed by atoms with Crippen LogP contribution < -0.4 is 10.6 Å². The fraction of sp³-hybridized carbons (Fsp3) is 0.130. The molecule has 28 heavy (non-hydrogen) atoms. The van der Waals surface area contributed by atoms with Crippen molar-refractivity contribution in [2.24, 2.45) is 0 Å². The number of hydrogen-bond acceptors (Lipinski definition) is 4. The van der Waals surface area contributed by atoms with Gasteiger partial charge in [0, 0.05) is 18.8 Å². The fourth-order valence-corrected chi connectivity index (χ4v) is 3.56. The summed E-state index contributed by atoms with van der Waals surface area (Å²) in [5, 5.41) is 0. The van der Waals surface area contributed by atoms with Crippen LogP contribution in [0.1, 0.15) is 27.1 Å². The Labute approximate surface area is 164 Å². The van der Waals surface area contributed by atoms with Crippen molar-refractivity contribution in [3.63, 3.8) is 0 Å². The standard InChI is InChI=1S/C23H21N3O2/c24-20-13-6-7-14-21(20)25(17-9-2-1-3-10-17)15-8-16-26-22(27)18-11-4-5-12-19(18)23(26)28/h1-7,9-14H,8,15-16,24H2. The molecule has 0 saturated carbocycles. The van der Waals surface area contributed by atoms with Crippen molar-refractivity contribution in [1.29, 1.82) is 0 Å². The van der Waals surface area contributed by atoms with Gasteiger partial charge in [0.15, 0.2) is 0 Å². The van der Waals surface area contributed by atoms with Crippen LogP contribution in [0.3, 0.4) is 0 Å². The van der Waals surface area contributed by atoms with Crippen molar-refractivity contribution in [2.75, 3.05) is 23.7 Å². The number of benzene rings is 3. The number of nitrogens with two attached hydrogens (primary N) is 1. The summed E-state index contributed by atoms with van der Waals surface area (Å²) in [4.78, 5) is 28.6. The number of carbonyl (C=O) groups is 2. The third-order valence-corrected chi connectivity index (χ3v) is 4.94. The molecule has 2 N–H and O–H groups in total. The predicted octanol–water partition coefficient (Wildman–Crippen LogP) is 4.09. The van der Waals surface area contributed by atoms with E-state index in [1.807, 2.05) is 54.6 Å². The molecule has 1 aliphatic rings. The van der Waals surface area contributed by atoms with Gasteiger partial charge < -0.3 is 10.6 Å². The zero-order valence-corrected chi connectivity index (χ0v) is 15.4. The molecule has 0 saturated heterocycles. The van der Waals surface area contributed by atoms with Crippen molar-refractivity contribution >= 4 is 28.9 Å². The van der Waals surface area contributed by atoms with Crippen LogP contribution >= 0.6 is 0 Å². The van der Waals surface area contributed by atoms with Gasteiger partial charge >= 0.3 is 0 Å². The van der Waals surface area contributed by atoms with Gasteiger partial charge in [0.05, 0.1) is 22.5 Å². The number of fused-ring (bicyclic) bond motifs is 1. The van der Waals surface area contributed by atoms with Crippen LogP contribution in [0, 0.1) is 0 Å². The van der Waals surface area contributed by atoms with Crippen LogP contribution in [0.4, 0.5) is 17.1 Å². The van der Waals surface area contributed by atoms with Gasteiger partial charge in [0.1, 0.15) is 0 Å². The van der Waals surface area contributed by atoms with Gasteiger partial charge in [0.2, 0.25) is 0 Å². The molecule has 0 unspecified atom stereocenters. The molecule has 1 heterocycles. The van der Waals surface area contributed by atoms with Crippen LogP contribution in [0.25, 0.3) is 0 Å². The number of carbonyl (C=O) groups excluding carboxylic acids is 2. The van der Waals surface area contributed by atoms with Crippen LogP contribution in [-0.4, -0.2) is 29.8 Å². The van der Waals surface area contributed by atoms with Gasteiger partial charge in [-0.05, 0) is 42.8 Å². The molecule has 1 aliphatic heterocycles. The Morgan fingerprint density at radius 2 is 1.32 bits per heavy atom. The van der Waals surface area contributed by atoms with Crippen LogP contribution in [0.5, 0.6) is 0 Å². The average molecular weight is 371 g/mol. The number of hydrogen-bond donors (Lipinski definition) is 1. The second-order valence-corrected chi connectivity index (χ2v) is 6.71. The Morgan fingerprint density at radius 3 is 1.96 bits per heavy atom. The predicted molar refractivity (Wildman–Crippen MR) is 111 cm³/mol. The summed E-state index contributed by atoms with van der Waals surface area (Å²) in [5.74, 6) is -0.433. The molecular formula is C23H21N3O2. The van der Waals surface area contributed by atoms with Gasteiger partial charge in [0.25, 0.3) is 11.8 Å². The molecule has 0 bridgehead atoms. The SMILES string of the molecule is Nc1ccccc1N(CCCN1C(=O)c2ccccc2C1=O)c1ccccc1. The fourth-order valence-electron chi connectivity index (χ4n) is 3.56. The number of amides is 2. The highest BCUT2D eigenvalue weighted by Gasteiger charge is 2.34. The van der Waals surface area contributed by atoms with Gasteiger partial charge in [-0.25, -0.2) is 0 Å². The molecule has 5 heteroatoms. The average Bonchev–Trinajstić information content (AvgIpc) is 2.98. The maximum Gasteiger partial charge on any atom is 0.261 e. The normalized spacial score (nSPS) is 12.9. The molecule has 0 spiro atoms. The molecule has 3 aromatic rings. The van der Waals surface area contributed by atoms with Gasteiger partial charge in [-0.1, -0.05) is 42.5 Å². The van der Waals surface area contributed by atoms with E-state index in [2.05, 4.69) is 4.90 Å². The minimum atomic E-state index is -0.217. The first-order valence-corrected chi connectivity index (χ1v) is 9.29. The summed E-state index contributed by atoms with van der Waals surface area (Å²) in [6.07, 6.45) is 0.634. The van der Waals surface area contributed by atoms with E-state index in [1.54, 1.807) is 24.3 Å². The quantitative estimate of drug-likeness (QED) is 0.523. The maximum atomic E-state index is 12.5. The topological polar surface area (TPSA) is 66.6 Å². The molecule has 140 valence electrons. The maximum absolute atomic E-state index is 12.5. The van der Waals surface area contributed by atoms with E-state index < -0.39 is 0 Å². The highest BCUT2D eigenvalue weighted by Crippen LogP contribution is 2.30. The summed E-state index contributed by atoms with van der Waals surface area (Å²) >= 11 is 0. The van der Waals surface area contributed by atoms with Gasteiger partial charge in [-0.3, -0.25) is 14.5 Å². The van der Waals surface area contributed by atoms with E-state index >= 15 is 0 Å². The van der Waals surface area contributed by atoms with Crippen LogP contribution in [0.2, 0.25) is 0 Å². The summed E-state index contributed by atoms with van der Waals surface area (Å²) in [5.41, 5.74) is 9.78. The highest BCUT2D eigenvalue weighted by molar-refractivity contribution is 6.21. The van der Waals surface area contributed by atoms with Crippen molar-refractivity contribution < 1.29 is 9.59 Å². The Hall–Kier alpha value is -3.60. The van der Waals surface area contributed by atoms with E-state index in [-0.39, 0.29) is 11.8 Å². The smallest absolute Gasteiger partial charge is 0.261 e. The number of anilines is 3. The first-order chi connectivity index (χ1) is 13.7. The molecule has 0 aromatic heterocycles. The Bertz CT molecular complexity index is 982. The minimum absolute atomic E-state index is 0.217. The lowest BCUT2D eigenvalue weighted by Gasteiger charge is -2.27. The molecule has 0 radical (unpaired) electrons. The lowest BCUT2D eigenvalue weighted by Crippen LogP contribution is -2.33. The monoisotopic (exact) mass is 371 g/mol. The lowest BCUT2D eigenvalue weighted by molar-refractivity contribution is 0.0653. The van der Waals surface area contributed by atoms with Crippen molar-refractivity contribution in [3.05, 3.63) is 90.0 Å². The van der Waals surface area contributed by atoms with Crippen molar-refractivity contribution in [3.8, 4) is 0 Å². The zero-order chi connectivity index (χ0) is 19.5. The van der Waals surface area contributed by atoms with E-state index in [0.29, 0.717) is 36.3 Å². The molecule has 3 aromatic carbocycles. The van der Waals surface area contributed by atoms with Crippen LogP contribution in [0.15, 0.2) is 78.9 Å². The molecular weight excluding hydrogens is 350 g/mol. The van der Waals surface area contributed by atoms with E-state index in [0.717, 1.165) is 11.4 Å². The largest absolute Gasteiger partial charge is 0.397 e. The van der Waals surface area contributed by atoms with Crippen molar-refractivity contribution in [2.45, 2.75) is 6.42 Å². The van der Waals surface area contributed by atoms with Crippen molar-refractivity contribution in [1.82, 2.24) is 4.90 Å². The second-order valence-electron chi connectivity index (χ2n) is 6.71. The third kappa shape index (κ3) is 3.22.